The summed E-state index contributed by atoms with van der Waals surface area (Å²) in [7, 11) is 3.54. The van der Waals surface area contributed by atoms with Gasteiger partial charge in [-0.05, 0) is 5.56 Å². The summed E-state index contributed by atoms with van der Waals surface area (Å²) in [5.41, 5.74) is 1.19. The molecule has 1 amide bonds. The average Bonchev–Trinajstić information content (AvgIpc) is 2.49. The molecule has 0 radical (unpaired) electrons. The lowest BCUT2D eigenvalue weighted by Gasteiger charge is -2.34. The van der Waals surface area contributed by atoms with Gasteiger partial charge < -0.3 is 4.90 Å². The second-order valence-electron chi connectivity index (χ2n) is 5.76. The molecular formula is C15H22N4O3. The number of nitro groups is 1. The normalized spacial score (nSPS) is 16.5. The molecule has 1 aromatic carbocycles. The van der Waals surface area contributed by atoms with Crippen LogP contribution in [0.1, 0.15) is 5.56 Å². The van der Waals surface area contributed by atoms with Crippen LogP contribution in [0.2, 0.25) is 0 Å². The highest BCUT2D eigenvalue weighted by atomic mass is 16.6. The lowest BCUT2D eigenvalue weighted by molar-refractivity contribution is -0.384. The molecule has 7 heteroatoms. The van der Waals surface area contributed by atoms with E-state index in [9.17, 15) is 14.9 Å². The van der Waals surface area contributed by atoms with E-state index in [4.69, 9.17) is 0 Å². The van der Waals surface area contributed by atoms with Crippen LogP contribution in [0.5, 0.6) is 0 Å². The van der Waals surface area contributed by atoms with Crippen LogP contribution in [-0.4, -0.2) is 72.3 Å². The van der Waals surface area contributed by atoms with Crippen LogP contribution in [0.3, 0.4) is 0 Å². The zero-order valence-electron chi connectivity index (χ0n) is 13.1. The summed E-state index contributed by atoms with van der Waals surface area (Å²) in [6, 6.07) is 6.70. The van der Waals surface area contributed by atoms with Crippen molar-refractivity contribution in [2.24, 2.45) is 0 Å². The number of amides is 1. The molecule has 120 valence electrons. The highest BCUT2D eigenvalue weighted by Gasteiger charge is 2.19. The Morgan fingerprint density at radius 1 is 1.14 bits per heavy atom. The first-order valence-corrected chi connectivity index (χ1v) is 7.34. The fraction of sp³-hybridized carbons (Fsp3) is 0.533. The molecule has 1 saturated heterocycles. The molecule has 7 nitrogen and oxygen atoms in total. The van der Waals surface area contributed by atoms with Crippen molar-refractivity contribution in [2.75, 3.05) is 46.8 Å². The minimum atomic E-state index is -0.385. The van der Waals surface area contributed by atoms with Crippen molar-refractivity contribution < 1.29 is 9.72 Å². The summed E-state index contributed by atoms with van der Waals surface area (Å²) in [5.74, 6) is 0.129. The second kappa shape index (κ2) is 7.33. The van der Waals surface area contributed by atoms with E-state index in [2.05, 4.69) is 9.80 Å². The summed E-state index contributed by atoms with van der Waals surface area (Å²) in [6.45, 7) is 4.79. The molecule has 0 spiro atoms. The topological polar surface area (TPSA) is 69.9 Å². The van der Waals surface area contributed by atoms with Gasteiger partial charge in [-0.25, -0.2) is 0 Å². The molecule has 22 heavy (non-hydrogen) atoms. The third-order valence-corrected chi connectivity index (χ3v) is 3.88. The van der Waals surface area contributed by atoms with Gasteiger partial charge in [-0.2, -0.15) is 0 Å². The Balaban J connectivity index is 1.79. The molecule has 0 unspecified atom stereocenters. The Hall–Kier alpha value is -1.99. The molecular weight excluding hydrogens is 284 g/mol. The highest BCUT2D eigenvalue weighted by Crippen LogP contribution is 2.14. The van der Waals surface area contributed by atoms with E-state index < -0.39 is 0 Å². The Labute approximate surface area is 130 Å². The molecule has 2 rings (SSSR count). The number of rotatable bonds is 5. The van der Waals surface area contributed by atoms with Crippen molar-refractivity contribution in [1.82, 2.24) is 14.7 Å². The predicted octanol–water partition coefficient (Wildman–Crippen LogP) is 0.801. The van der Waals surface area contributed by atoms with Crippen molar-refractivity contribution in [1.29, 1.82) is 0 Å². The minimum Gasteiger partial charge on any atom is -0.348 e. The number of hydrogen-bond acceptors (Lipinski definition) is 5. The lowest BCUT2D eigenvalue weighted by atomic mass is 10.2. The maximum atomic E-state index is 11.7. The van der Waals surface area contributed by atoms with Gasteiger partial charge >= 0.3 is 0 Å². The smallest absolute Gasteiger partial charge is 0.269 e. The number of carbonyl (C=O) groups excluding carboxylic acids is 1. The van der Waals surface area contributed by atoms with Gasteiger partial charge in [0.2, 0.25) is 5.91 Å². The van der Waals surface area contributed by atoms with E-state index in [0.717, 1.165) is 38.3 Å². The van der Waals surface area contributed by atoms with E-state index >= 15 is 0 Å². The zero-order valence-corrected chi connectivity index (χ0v) is 13.1. The molecule has 1 aromatic rings. The fourth-order valence-electron chi connectivity index (χ4n) is 2.42. The standard InChI is InChI=1S/C15H22N4O3/c1-16(2)15(20)12-18-9-7-17(8-10-18)11-13-3-5-14(6-4-13)19(21)22/h3-6H,7-12H2,1-2H3. The minimum absolute atomic E-state index is 0.121. The highest BCUT2D eigenvalue weighted by molar-refractivity contribution is 5.77. The largest absolute Gasteiger partial charge is 0.348 e. The monoisotopic (exact) mass is 306 g/mol. The summed E-state index contributed by atoms with van der Waals surface area (Å²) < 4.78 is 0. The molecule has 0 saturated carbocycles. The van der Waals surface area contributed by atoms with Gasteiger partial charge in [-0.3, -0.25) is 24.7 Å². The Kier molecular flexibility index (Phi) is 5.46. The summed E-state index contributed by atoms with van der Waals surface area (Å²) in [4.78, 5) is 28.0. The van der Waals surface area contributed by atoms with E-state index in [1.807, 2.05) is 0 Å². The van der Waals surface area contributed by atoms with Crippen LogP contribution in [0, 0.1) is 10.1 Å². The first-order valence-electron chi connectivity index (χ1n) is 7.34. The summed E-state index contributed by atoms with van der Waals surface area (Å²) in [5, 5.41) is 10.6. The third-order valence-electron chi connectivity index (χ3n) is 3.88. The second-order valence-corrected chi connectivity index (χ2v) is 5.76. The number of nitro benzene ring substituents is 1. The molecule has 0 bridgehead atoms. The molecule has 1 fully saturated rings. The van der Waals surface area contributed by atoms with E-state index in [0.29, 0.717) is 6.54 Å². The van der Waals surface area contributed by atoms with Gasteiger partial charge in [0.25, 0.3) is 5.69 Å². The van der Waals surface area contributed by atoms with Gasteiger partial charge in [0.05, 0.1) is 11.5 Å². The van der Waals surface area contributed by atoms with Crippen LogP contribution in [0.25, 0.3) is 0 Å². The van der Waals surface area contributed by atoms with Crippen LogP contribution in [0.4, 0.5) is 5.69 Å². The third kappa shape index (κ3) is 4.51. The number of non-ortho nitro benzene ring substituents is 1. The zero-order chi connectivity index (χ0) is 16.1. The molecule has 1 heterocycles. The van der Waals surface area contributed by atoms with Gasteiger partial charge in [0.1, 0.15) is 0 Å². The molecule has 0 aromatic heterocycles. The molecule has 0 aliphatic carbocycles. The van der Waals surface area contributed by atoms with Crippen molar-refractivity contribution in [3.05, 3.63) is 39.9 Å². The van der Waals surface area contributed by atoms with Crippen LogP contribution in [-0.2, 0) is 11.3 Å². The summed E-state index contributed by atoms with van der Waals surface area (Å²) >= 11 is 0. The van der Waals surface area contributed by atoms with E-state index in [-0.39, 0.29) is 16.5 Å². The Morgan fingerprint density at radius 2 is 1.68 bits per heavy atom. The SMILES string of the molecule is CN(C)C(=O)CN1CCN(Cc2ccc([N+](=O)[O-])cc2)CC1. The quantitative estimate of drug-likeness (QED) is 0.594. The van der Waals surface area contributed by atoms with E-state index in [1.54, 1.807) is 43.3 Å². The fourth-order valence-corrected chi connectivity index (χ4v) is 2.42. The molecule has 1 aliphatic heterocycles. The van der Waals surface area contributed by atoms with E-state index in [1.165, 1.54) is 0 Å². The number of benzene rings is 1. The number of nitrogens with zero attached hydrogens (tertiary/aromatic N) is 4. The maximum absolute atomic E-state index is 11.7. The first kappa shape index (κ1) is 16.4. The van der Waals surface area contributed by atoms with Gasteiger partial charge in [0.15, 0.2) is 0 Å². The number of hydrogen-bond donors (Lipinski definition) is 0. The lowest BCUT2D eigenvalue weighted by Crippen LogP contribution is -2.48. The summed E-state index contributed by atoms with van der Waals surface area (Å²) in [6.07, 6.45) is 0. The Bertz CT molecular complexity index is 522. The molecule has 0 atom stereocenters. The number of likely N-dealkylation sites (N-methyl/N-ethyl adjacent to an activating group) is 1. The van der Waals surface area contributed by atoms with Crippen molar-refractivity contribution in [3.8, 4) is 0 Å². The maximum Gasteiger partial charge on any atom is 0.269 e. The van der Waals surface area contributed by atoms with Crippen LogP contribution in [0.15, 0.2) is 24.3 Å². The van der Waals surface area contributed by atoms with Crippen molar-refractivity contribution >= 4 is 11.6 Å². The van der Waals surface area contributed by atoms with Crippen molar-refractivity contribution in [3.63, 3.8) is 0 Å². The van der Waals surface area contributed by atoms with Crippen LogP contribution < -0.4 is 0 Å². The number of piperazine rings is 1. The number of carbonyl (C=O) groups is 1. The Morgan fingerprint density at radius 3 is 2.18 bits per heavy atom. The predicted molar refractivity (Wildman–Crippen MR) is 83.5 cm³/mol. The molecule has 1 aliphatic rings. The van der Waals surface area contributed by atoms with Gasteiger partial charge in [0, 0.05) is 59.0 Å². The first-order chi connectivity index (χ1) is 10.5. The van der Waals surface area contributed by atoms with Gasteiger partial charge in [-0.1, -0.05) is 12.1 Å². The molecule has 0 N–H and O–H groups in total. The van der Waals surface area contributed by atoms with Crippen LogP contribution >= 0.6 is 0 Å². The van der Waals surface area contributed by atoms with Crippen molar-refractivity contribution in [2.45, 2.75) is 6.54 Å². The average molecular weight is 306 g/mol. The van der Waals surface area contributed by atoms with Gasteiger partial charge in [-0.15, -0.1) is 0 Å².